The highest BCUT2D eigenvalue weighted by Gasteiger charge is 2.31. The van der Waals surface area contributed by atoms with Gasteiger partial charge < -0.3 is 9.80 Å². The Balaban J connectivity index is 5.61. The molecule has 4 atom stereocenters. The quantitative estimate of drug-likeness (QED) is 0.0461. The van der Waals surface area contributed by atoms with Crippen LogP contribution >= 0.6 is 0 Å². The van der Waals surface area contributed by atoms with Gasteiger partial charge in [-0.3, -0.25) is 5.41 Å². The molecule has 0 aliphatic heterocycles. The first-order valence-electron chi connectivity index (χ1n) is 20.5. The fourth-order valence-corrected chi connectivity index (χ4v) is 7.27. The Hall–Kier alpha value is -0.730. The van der Waals surface area contributed by atoms with Crippen molar-refractivity contribution in [3.05, 3.63) is 0 Å². The van der Waals surface area contributed by atoms with Gasteiger partial charge in [0.15, 0.2) is 5.96 Å². The lowest BCUT2D eigenvalue weighted by Gasteiger charge is -2.46. The van der Waals surface area contributed by atoms with E-state index in [1.165, 1.54) is 180 Å². The van der Waals surface area contributed by atoms with Crippen LogP contribution in [0.4, 0.5) is 0 Å². The van der Waals surface area contributed by atoms with Gasteiger partial charge in [-0.2, -0.15) is 0 Å². The van der Waals surface area contributed by atoms with Gasteiger partial charge in [-0.1, -0.05) is 182 Å². The van der Waals surface area contributed by atoms with E-state index in [9.17, 15) is 5.41 Å². The van der Waals surface area contributed by atoms with Crippen molar-refractivity contribution in [1.82, 2.24) is 9.80 Å². The molecule has 0 bridgehead atoms. The molecule has 0 heterocycles. The van der Waals surface area contributed by atoms with Gasteiger partial charge >= 0.3 is 0 Å². The summed E-state index contributed by atoms with van der Waals surface area (Å²) in [6.45, 7) is 19.0. The molecule has 0 aromatic carbocycles. The van der Waals surface area contributed by atoms with Gasteiger partial charge in [0, 0.05) is 24.2 Å². The average Bonchev–Trinajstić information content (AvgIpc) is 3.00. The summed E-state index contributed by atoms with van der Waals surface area (Å²) < 4.78 is 0. The zero-order chi connectivity index (χ0) is 32.8. The molecule has 44 heavy (non-hydrogen) atoms. The highest BCUT2D eigenvalue weighted by atomic mass is 15.4. The number of nitrogens with one attached hydrogen (secondary N) is 1. The van der Waals surface area contributed by atoms with E-state index in [2.05, 4.69) is 65.2 Å². The predicted molar refractivity (Wildman–Crippen MR) is 201 cm³/mol. The molecule has 0 aliphatic carbocycles. The molecule has 0 spiro atoms. The van der Waals surface area contributed by atoms with Crippen LogP contribution in [0.25, 0.3) is 0 Å². The van der Waals surface area contributed by atoms with Gasteiger partial charge in [0.25, 0.3) is 0 Å². The molecule has 0 aromatic heterocycles. The summed E-state index contributed by atoms with van der Waals surface area (Å²) in [5, 5.41) is 9.86. The maximum atomic E-state index is 9.86. The highest BCUT2D eigenvalue weighted by molar-refractivity contribution is 5.78. The standard InChI is InChI=1S/C41H85N3/c1-9-13-17-21-25-29-33-37(5)43(38(6)34-30-26-22-18-14-10-2)41(42)44(39(7)35-31-27-23-19-15-11-3)40(8)36-32-28-24-20-16-12-4/h37-40,42H,9-36H2,1-8H3. The molecule has 0 fully saturated rings. The SMILES string of the molecule is CCCCCCCCC(C)N(C(=N)N(C(C)CCCCCCCC)C(C)CCCCCCCC)C(C)CCCCCCCC. The van der Waals surface area contributed by atoms with Crippen LogP contribution in [0.15, 0.2) is 0 Å². The van der Waals surface area contributed by atoms with Crippen molar-refractivity contribution >= 4 is 5.96 Å². The van der Waals surface area contributed by atoms with Gasteiger partial charge in [0.05, 0.1) is 0 Å². The molecule has 0 saturated heterocycles. The third kappa shape index (κ3) is 21.9. The summed E-state index contributed by atoms with van der Waals surface area (Å²) in [5.74, 6) is 0.846. The lowest BCUT2D eigenvalue weighted by molar-refractivity contribution is 0.151. The monoisotopic (exact) mass is 620 g/mol. The highest BCUT2D eigenvalue weighted by Crippen LogP contribution is 2.25. The molecule has 3 nitrogen and oxygen atoms in total. The van der Waals surface area contributed by atoms with E-state index in [0.717, 1.165) is 5.96 Å². The van der Waals surface area contributed by atoms with Gasteiger partial charge in [0.2, 0.25) is 0 Å². The minimum absolute atomic E-state index is 0.439. The summed E-state index contributed by atoms with van der Waals surface area (Å²) in [4.78, 5) is 5.18. The molecule has 0 aliphatic rings. The largest absolute Gasteiger partial charge is 0.338 e. The van der Waals surface area contributed by atoms with Crippen LogP contribution in [0.2, 0.25) is 0 Å². The third-order valence-electron chi connectivity index (χ3n) is 10.3. The Morgan fingerprint density at radius 2 is 0.523 bits per heavy atom. The zero-order valence-electron chi connectivity index (χ0n) is 32.0. The van der Waals surface area contributed by atoms with Crippen LogP contribution in [-0.2, 0) is 0 Å². The van der Waals surface area contributed by atoms with Gasteiger partial charge in [0.1, 0.15) is 0 Å². The van der Waals surface area contributed by atoms with Gasteiger partial charge in [-0.25, -0.2) is 0 Å². The molecule has 0 saturated carbocycles. The molecule has 264 valence electrons. The van der Waals surface area contributed by atoms with E-state index >= 15 is 0 Å². The lowest BCUT2D eigenvalue weighted by atomic mass is 9.99. The normalized spacial score (nSPS) is 14.4. The Labute approximate surface area is 280 Å². The van der Waals surface area contributed by atoms with E-state index in [4.69, 9.17) is 0 Å². The van der Waals surface area contributed by atoms with E-state index in [1.807, 2.05) is 0 Å². The molecule has 3 heteroatoms. The summed E-state index contributed by atoms with van der Waals surface area (Å²) in [6.07, 6.45) is 37.4. The van der Waals surface area contributed by atoms with Crippen LogP contribution < -0.4 is 0 Å². The van der Waals surface area contributed by atoms with Crippen molar-refractivity contribution in [3.8, 4) is 0 Å². The van der Waals surface area contributed by atoms with Crippen molar-refractivity contribution < 1.29 is 0 Å². The molecule has 0 radical (unpaired) electrons. The molecule has 1 N–H and O–H groups in total. The van der Waals surface area contributed by atoms with Crippen molar-refractivity contribution in [2.24, 2.45) is 0 Å². The van der Waals surface area contributed by atoms with Crippen molar-refractivity contribution in [2.45, 2.75) is 259 Å². The van der Waals surface area contributed by atoms with E-state index < -0.39 is 0 Å². The molecular weight excluding hydrogens is 534 g/mol. The molecule has 0 aromatic rings. The van der Waals surface area contributed by atoms with Crippen molar-refractivity contribution in [3.63, 3.8) is 0 Å². The molecule has 0 rings (SSSR count). The van der Waals surface area contributed by atoms with E-state index in [0.29, 0.717) is 24.2 Å². The van der Waals surface area contributed by atoms with E-state index in [-0.39, 0.29) is 0 Å². The fourth-order valence-electron chi connectivity index (χ4n) is 7.27. The summed E-state index contributed by atoms with van der Waals surface area (Å²) in [6, 6.07) is 1.75. The number of unbranched alkanes of at least 4 members (excludes halogenated alkanes) is 20. The van der Waals surface area contributed by atoms with E-state index in [1.54, 1.807) is 0 Å². The Kier molecular flexibility index (Phi) is 30.4. The first kappa shape index (κ1) is 43.3. The molecular formula is C41H85N3. The molecule has 0 amide bonds. The van der Waals surface area contributed by atoms with Crippen LogP contribution in [0.5, 0.6) is 0 Å². The van der Waals surface area contributed by atoms with Crippen LogP contribution in [0.1, 0.15) is 235 Å². The zero-order valence-corrected chi connectivity index (χ0v) is 32.0. The first-order chi connectivity index (χ1) is 21.3. The average molecular weight is 620 g/mol. The maximum Gasteiger partial charge on any atom is 0.194 e. The summed E-state index contributed by atoms with van der Waals surface area (Å²) in [5.41, 5.74) is 0. The number of hydrogen-bond acceptors (Lipinski definition) is 1. The number of hydrogen-bond donors (Lipinski definition) is 1. The Morgan fingerprint density at radius 3 is 0.727 bits per heavy atom. The minimum atomic E-state index is 0.439. The smallest absolute Gasteiger partial charge is 0.194 e. The van der Waals surface area contributed by atoms with Gasteiger partial charge in [-0.05, 0) is 53.4 Å². The lowest BCUT2D eigenvalue weighted by Crippen LogP contribution is -2.56. The number of guanidine groups is 1. The summed E-state index contributed by atoms with van der Waals surface area (Å²) >= 11 is 0. The second kappa shape index (κ2) is 30.9. The molecule has 4 unspecified atom stereocenters. The van der Waals surface area contributed by atoms with Crippen LogP contribution in [0, 0.1) is 5.41 Å². The van der Waals surface area contributed by atoms with Crippen LogP contribution in [0.3, 0.4) is 0 Å². The first-order valence-corrected chi connectivity index (χ1v) is 20.5. The fraction of sp³-hybridized carbons (Fsp3) is 0.976. The third-order valence-corrected chi connectivity index (χ3v) is 10.3. The van der Waals surface area contributed by atoms with Crippen LogP contribution in [-0.4, -0.2) is 39.9 Å². The van der Waals surface area contributed by atoms with Crippen molar-refractivity contribution in [2.75, 3.05) is 0 Å². The summed E-state index contributed by atoms with van der Waals surface area (Å²) in [7, 11) is 0. The number of rotatable bonds is 32. The van der Waals surface area contributed by atoms with Gasteiger partial charge in [-0.15, -0.1) is 0 Å². The minimum Gasteiger partial charge on any atom is -0.338 e. The second-order valence-electron chi connectivity index (χ2n) is 14.8. The second-order valence-corrected chi connectivity index (χ2v) is 14.8. The number of nitrogens with zero attached hydrogens (tertiary/aromatic N) is 2. The Bertz CT molecular complexity index is 511. The van der Waals surface area contributed by atoms with Crippen molar-refractivity contribution in [1.29, 1.82) is 5.41 Å². The maximum absolute atomic E-state index is 9.86. The Morgan fingerprint density at radius 1 is 0.341 bits per heavy atom. The predicted octanol–water partition coefficient (Wildman–Crippen LogP) is 14.1. The topological polar surface area (TPSA) is 30.3 Å².